The number of amides is 1. The summed E-state index contributed by atoms with van der Waals surface area (Å²) < 4.78 is 39.4. The van der Waals surface area contributed by atoms with E-state index in [1.54, 1.807) is 25.1 Å². The molecule has 12 heteroatoms. The molecular formula is C27H31N3O8S. The number of carbonyl (C=O) groups excluding carboxylic acids is 1. The molecule has 0 atom stereocenters. The first-order valence-electron chi connectivity index (χ1n) is 12.4. The second-order valence-corrected chi connectivity index (χ2v) is 11.5. The van der Waals surface area contributed by atoms with Crippen molar-refractivity contribution in [1.82, 2.24) is 14.5 Å². The average molecular weight is 558 g/mol. The van der Waals surface area contributed by atoms with E-state index in [9.17, 15) is 28.2 Å². The Hall–Kier alpha value is -3.90. The van der Waals surface area contributed by atoms with Crippen molar-refractivity contribution < 1.29 is 32.9 Å². The number of aromatic hydroxyl groups is 1. The van der Waals surface area contributed by atoms with Crippen LogP contribution in [0.2, 0.25) is 0 Å². The molecule has 0 spiro atoms. The van der Waals surface area contributed by atoms with Gasteiger partial charge in [-0.1, -0.05) is 19.4 Å². The normalized spacial score (nSPS) is 14.5. The minimum atomic E-state index is -4.57. The van der Waals surface area contributed by atoms with Gasteiger partial charge in [-0.3, -0.25) is 14.2 Å². The van der Waals surface area contributed by atoms with Crippen molar-refractivity contribution >= 4 is 15.7 Å². The first-order valence-corrected chi connectivity index (χ1v) is 13.9. The summed E-state index contributed by atoms with van der Waals surface area (Å²) in [5.74, 6) is -0.506. The molecule has 39 heavy (non-hydrogen) atoms. The summed E-state index contributed by atoms with van der Waals surface area (Å²) in [6.07, 6.45) is 1.66. The van der Waals surface area contributed by atoms with Gasteiger partial charge >= 0.3 is 0 Å². The van der Waals surface area contributed by atoms with E-state index in [1.165, 1.54) is 48.0 Å². The van der Waals surface area contributed by atoms with Crippen molar-refractivity contribution in [3.05, 3.63) is 64.2 Å². The van der Waals surface area contributed by atoms with Crippen molar-refractivity contribution in [3.8, 4) is 23.1 Å². The Kier molecular flexibility index (Phi) is 7.71. The third-order valence-electron chi connectivity index (χ3n) is 6.51. The molecule has 11 nitrogen and oxygen atoms in total. The Labute approximate surface area is 226 Å². The number of β-amino-alcohol motifs (C(OH)–C–C–N with tert-alkyl or cyclic N) is 1. The largest absolute Gasteiger partial charge is 0.494 e. The zero-order valence-corrected chi connectivity index (χ0v) is 23.0. The summed E-state index contributed by atoms with van der Waals surface area (Å²) in [7, 11) is -1.74. The van der Waals surface area contributed by atoms with E-state index in [1.807, 2.05) is 6.92 Å². The number of benzene rings is 2. The summed E-state index contributed by atoms with van der Waals surface area (Å²) >= 11 is 0. The lowest BCUT2D eigenvalue weighted by atomic mass is 9.96. The Morgan fingerprint density at radius 1 is 1.08 bits per heavy atom. The number of aromatic nitrogens is 2. The molecule has 208 valence electrons. The van der Waals surface area contributed by atoms with Crippen LogP contribution >= 0.6 is 0 Å². The number of hydrogen-bond acceptors (Lipinski definition) is 9. The molecule has 0 unspecified atom stereocenters. The Balaban J connectivity index is 1.84. The van der Waals surface area contributed by atoms with Crippen LogP contribution in [-0.2, 0) is 16.3 Å². The Morgan fingerprint density at radius 2 is 1.67 bits per heavy atom. The molecule has 1 aliphatic rings. The first kappa shape index (κ1) is 28.1. The second kappa shape index (κ2) is 10.7. The number of sulfone groups is 1. The lowest BCUT2D eigenvalue weighted by molar-refractivity contribution is -0.0668. The van der Waals surface area contributed by atoms with Crippen LogP contribution in [0, 0.1) is 0 Å². The second-order valence-electron chi connectivity index (χ2n) is 9.62. The van der Waals surface area contributed by atoms with Crippen LogP contribution in [0.1, 0.15) is 42.9 Å². The number of para-hydroxylation sites is 1. The molecule has 0 aliphatic carbocycles. The molecular weight excluding hydrogens is 526 g/mol. The number of methoxy groups -OCH3 is 2. The Bertz CT molecular complexity index is 1530. The number of hydrogen-bond donors (Lipinski definition) is 2. The van der Waals surface area contributed by atoms with Crippen molar-refractivity contribution in [1.29, 1.82) is 0 Å². The predicted molar refractivity (Wildman–Crippen MR) is 142 cm³/mol. The van der Waals surface area contributed by atoms with Gasteiger partial charge in [0, 0.05) is 12.0 Å². The monoisotopic (exact) mass is 557 g/mol. The molecule has 1 aliphatic heterocycles. The first-order chi connectivity index (χ1) is 18.4. The number of aryl methyl sites for hydroxylation is 1. The lowest BCUT2D eigenvalue weighted by Crippen LogP contribution is -2.61. The van der Waals surface area contributed by atoms with Gasteiger partial charge < -0.3 is 24.6 Å². The van der Waals surface area contributed by atoms with Gasteiger partial charge in [0.2, 0.25) is 15.7 Å². The van der Waals surface area contributed by atoms with Crippen LogP contribution in [0.3, 0.4) is 0 Å². The molecule has 1 aromatic heterocycles. The quantitative estimate of drug-likeness (QED) is 0.404. The SMILES string of the molecule is CCCCc1nc(=O)c(S(=O)(=O)c2ccc(C(=O)N3CC(C)(O)C3)cc2)c(O)n1-c1c(OC)cccc1OC. The van der Waals surface area contributed by atoms with Crippen molar-refractivity contribution in [2.24, 2.45) is 0 Å². The molecule has 0 bridgehead atoms. The molecule has 1 fully saturated rings. The molecule has 1 amide bonds. The van der Waals surface area contributed by atoms with E-state index in [-0.39, 0.29) is 58.9 Å². The number of unbranched alkanes of at least 4 members (excludes halogenated alkanes) is 1. The minimum Gasteiger partial charge on any atom is -0.494 e. The van der Waals surface area contributed by atoms with Crippen molar-refractivity contribution in [3.63, 3.8) is 0 Å². The number of carbonyl (C=O) groups is 1. The number of ether oxygens (including phenoxy) is 2. The number of rotatable bonds is 9. The molecule has 4 rings (SSSR count). The summed E-state index contributed by atoms with van der Waals surface area (Å²) in [6.45, 7) is 3.90. The van der Waals surface area contributed by atoms with Crippen LogP contribution in [-0.4, -0.2) is 71.9 Å². The maximum atomic E-state index is 13.7. The third-order valence-corrected chi connectivity index (χ3v) is 8.30. The fourth-order valence-electron chi connectivity index (χ4n) is 4.56. The van der Waals surface area contributed by atoms with E-state index < -0.39 is 31.8 Å². The van der Waals surface area contributed by atoms with Gasteiger partial charge in [0.15, 0.2) is 4.90 Å². The maximum absolute atomic E-state index is 13.7. The average Bonchev–Trinajstić information content (AvgIpc) is 2.89. The number of nitrogens with zero attached hydrogens (tertiary/aromatic N) is 3. The summed E-state index contributed by atoms with van der Waals surface area (Å²) in [5, 5.41) is 21.3. The summed E-state index contributed by atoms with van der Waals surface area (Å²) in [5.41, 5.74) is -1.64. The third kappa shape index (κ3) is 5.21. The molecule has 3 aromatic rings. The van der Waals surface area contributed by atoms with Crippen LogP contribution in [0.4, 0.5) is 0 Å². The lowest BCUT2D eigenvalue weighted by Gasteiger charge is -2.44. The van der Waals surface area contributed by atoms with Gasteiger partial charge in [0.1, 0.15) is 23.0 Å². The number of likely N-dealkylation sites (tertiary alicyclic amines) is 1. The van der Waals surface area contributed by atoms with Crippen LogP contribution in [0.25, 0.3) is 5.69 Å². The van der Waals surface area contributed by atoms with Crippen LogP contribution in [0.5, 0.6) is 17.4 Å². The van der Waals surface area contributed by atoms with E-state index >= 15 is 0 Å². The fourth-order valence-corrected chi connectivity index (χ4v) is 5.90. The maximum Gasteiger partial charge on any atom is 0.296 e. The number of aliphatic hydroxyl groups is 1. The molecule has 2 aromatic carbocycles. The van der Waals surface area contributed by atoms with Gasteiger partial charge in [-0.25, -0.2) is 8.42 Å². The highest BCUT2D eigenvalue weighted by Gasteiger charge is 2.40. The molecule has 1 saturated heterocycles. The molecule has 0 saturated carbocycles. The zero-order valence-electron chi connectivity index (χ0n) is 22.2. The molecule has 0 radical (unpaired) electrons. The highest BCUT2D eigenvalue weighted by atomic mass is 32.2. The van der Waals surface area contributed by atoms with E-state index in [0.717, 1.165) is 6.42 Å². The van der Waals surface area contributed by atoms with Crippen molar-refractivity contribution in [2.45, 2.75) is 48.5 Å². The van der Waals surface area contributed by atoms with E-state index in [0.29, 0.717) is 6.42 Å². The summed E-state index contributed by atoms with van der Waals surface area (Å²) in [6, 6.07) is 9.92. The van der Waals surface area contributed by atoms with Crippen LogP contribution in [0.15, 0.2) is 57.1 Å². The van der Waals surface area contributed by atoms with Gasteiger partial charge in [-0.2, -0.15) is 4.98 Å². The molecule has 2 N–H and O–H groups in total. The zero-order chi connectivity index (χ0) is 28.5. The minimum absolute atomic E-state index is 0.146. The van der Waals surface area contributed by atoms with E-state index in [2.05, 4.69) is 4.98 Å². The smallest absolute Gasteiger partial charge is 0.296 e. The molecule has 2 heterocycles. The van der Waals surface area contributed by atoms with E-state index in [4.69, 9.17) is 9.47 Å². The van der Waals surface area contributed by atoms with Gasteiger partial charge in [-0.05, 0) is 49.7 Å². The standard InChI is InChI=1S/C27H31N3O8S/c1-5-6-10-21-28-24(31)23(26(33)30(21)22-19(37-3)8-7-9-20(22)38-4)39(35,36)18-13-11-17(12-14-18)25(32)29-15-27(2,34)16-29/h7-9,11-14,33-34H,5-6,10,15-16H2,1-4H3. The summed E-state index contributed by atoms with van der Waals surface area (Å²) in [4.78, 5) is 30.0. The van der Waals surface area contributed by atoms with Gasteiger partial charge in [0.05, 0.1) is 37.8 Å². The topological polar surface area (TPSA) is 148 Å². The highest BCUT2D eigenvalue weighted by molar-refractivity contribution is 7.91. The predicted octanol–water partition coefficient (Wildman–Crippen LogP) is 2.34. The van der Waals surface area contributed by atoms with Crippen LogP contribution < -0.4 is 15.0 Å². The van der Waals surface area contributed by atoms with Gasteiger partial charge in [-0.15, -0.1) is 0 Å². The fraction of sp³-hybridized carbons (Fsp3) is 0.370. The highest BCUT2D eigenvalue weighted by Crippen LogP contribution is 2.38. The van der Waals surface area contributed by atoms with Crippen molar-refractivity contribution in [2.75, 3.05) is 27.3 Å². The van der Waals surface area contributed by atoms with Gasteiger partial charge in [0.25, 0.3) is 11.5 Å². The Morgan fingerprint density at radius 3 is 2.18 bits per heavy atom.